The molecule has 16 heavy (non-hydrogen) atoms. The summed E-state index contributed by atoms with van der Waals surface area (Å²) in [6.07, 6.45) is 1.39. The summed E-state index contributed by atoms with van der Waals surface area (Å²) in [6, 6.07) is 0. The Morgan fingerprint density at radius 3 is 2.88 bits per heavy atom. The van der Waals surface area contributed by atoms with Gasteiger partial charge in [-0.25, -0.2) is 4.79 Å². The number of esters is 1. The highest BCUT2D eigenvalue weighted by Crippen LogP contribution is 2.14. The van der Waals surface area contributed by atoms with Crippen LogP contribution < -0.4 is 5.32 Å². The van der Waals surface area contributed by atoms with Crippen molar-refractivity contribution < 1.29 is 19.4 Å². The number of hydrogen-bond acceptors (Lipinski definition) is 4. The van der Waals surface area contributed by atoms with Gasteiger partial charge in [0.05, 0.1) is 19.3 Å². The minimum absolute atomic E-state index is 0.0578. The Bertz CT molecular complexity index is 257. The molecule has 92 valence electrons. The first-order chi connectivity index (χ1) is 7.65. The van der Waals surface area contributed by atoms with Gasteiger partial charge in [-0.2, -0.15) is 0 Å². The average Bonchev–Trinajstić information content (AvgIpc) is 2.27. The van der Waals surface area contributed by atoms with Crippen LogP contribution in [0.5, 0.6) is 0 Å². The van der Waals surface area contributed by atoms with E-state index >= 15 is 0 Å². The van der Waals surface area contributed by atoms with E-state index in [1.165, 1.54) is 4.90 Å². The molecule has 1 heterocycles. The van der Waals surface area contributed by atoms with Crippen molar-refractivity contribution >= 4 is 12.1 Å². The molecule has 0 radical (unpaired) electrons. The summed E-state index contributed by atoms with van der Waals surface area (Å²) in [5.74, 6) is -0.349. The molecule has 1 amide bonds. The highest BCUT2D eigenvalue weighted by molar-refractivity contribution is 5.71. The van der Waals surface area contributed by atoms with E-state index in [2.05, 4.69) is 5.32 Å². The highest BCUT2D eigenvalue weighted by Gasteiger charge is 2.26. The number of likely N-dealkylation sites (tertiary alicyclic amines) is 1. The second-order valence-corrected chi connectivity index (χ2v) is 3.67. The van der Waals surface area contributed by atoms with Gasteiger partial charge >= 0.3 is 12.1 Å². The quantitative estimate of drug-likeness (QED) is 0.692. The number of carboxylic acid groups (broad SMARTS) is 1. The number of ether oxygens (including phenoxy) is 1. The molecule has 1 atom stereocenters. The molecule has 0 aromatic carbocycles. The molecule has 1 rings (SSSR count). The van der Waals surface area contributed by atoms with Crippen molar-refractivity contribution in [1.82, 2.24) is 10.2 Å². The fourth-order valence-electron chi connectivity index (χ4n) is 1.79. The fourth-order valence-corrected chi connectivity index (χ4v) is 1.79. The summed E-state index contributed by atoms with van der Waals surface area (Å²) >= 11 is 0. The number of rotatable bonds is 4. The molecule has 2 N–H and O–H groups in total. The van der Waals surface area contributed by atoms with Crippen LogP contribution in [-0.4, -0.2) is 47.9 Å². The molecule has 1 fully saturated rings. The minimum Gasteiger partial charge on any atom is -0.465 e. The predicted octanol–water partition coefficient (Wildman–Crippen LogP) is 0.629. The van der Waals surface area contributed by atoms with Gasteiger partial charge in [0, 0.05) is 6.54 Å². The zero-order chi connectivity index (χ0) is 12.0. The van der Waals surface area contributed by atoms with Gasteiger partial charge in [0.15, 0.2) is 0 Å². The summed E-state index contributed by atoms with van der Waals surface area (Å²) in [7, 11) is 0. The van der Waals surface area contributed by atoms with Crippen LogP contribution >= 0.6 is 0 Å². The number of carbonyl (C=O) groups is 2. The van der Waals surface area contributed by atoms with E-state index in [1.807, 2.05) is 0 Å². The molecule has 6 heteroatoms. The van der Waals surface area contributed by atoms with Gasteiger partial charge < -0.3 is 9.84 Å². The molecule has 0 saturated carbocycles. The summed E-state index contributed by atoms with van der Waals surface area (Å²) < 4.78 is 4.76. The van der Waals surface area contributed by atoms with Crippen molar-refractivity contribution in [2.45, 2.75) is 32.4 Å². The van der Waals surface area contributed by atoms with E-state index in [0.29, 0.717) is 13.2 Å². The number of piperidine rings is 1. The van der Waals surface area contributed by atoms with Crippen LogP contribution in [0.25, 0.3) is 0 Å². The Morgan fingerprint density at radius 2 is 2.25 bits per heavy atom. The van der Waals surface area contributed by atoms with Crippen molar-refractivity contribution in [3.8, 4) is 0 Å². The second-order valence-electron chi connectivity index (χ2n) is 3.67. The fraction of sp³-hybridized carbons (Fsp3) is 0.800. The summed E-state index contributed by atoms with van der Waals surface area (Å²) in [6.45, 7) is 2.66. The second kappa shape index (κ2) is 6.32. The zero-order valence-corrected chi connectivity index (χ0v) is 9.44. The molecule has 0 bridgehead atoms. The van der Waals surface area contributed by atoms with Crippen LogP contribution in [0.1, 0.15) is 26.2 Å². The molecule has 0 spiro atoms. The van der Waals surface area contributed by atoms with Crippen LogP contribution in [0.2, 0.25) is 0 Å². The minimum atomic E-state index is -0.943. The molecule has 1 saturated heterocycles. The van der Waals surface area contributed by atoms with Crippen molar-refractivity contribution in [2.24, 2.45) is 0 Å². The van der Waals surface area contributed by atoms with Crippen molar-refractivity contribution in [1.29, 1.82) is 0 Å². The third-order valence-electron chi connectivity index (χ3n) is 2.54. The van der Waals surface area contributed by atoms with Crippen LogP contribution in [-0.2, 0) is 9.53 Å². The molecule has 1 aliphatic rings. The third-order valence-corrected chi connectivity index (χ3v) is 2.54. The van der Waals surface area contributed by atoms with E-state index in [-0.39, 0.29) is 18.7 Å². The lowest BCUT2D eigenvalue weighted by atomic mass is 10.1. The maximum Gasteiger partial charge on any atom is 0.408 e. The standard InChI is InChI=1S/C10H18N2O4/c1-2-16-9(13)7-11-8-5-3-4-6-12(8)10(14)15/h8,11H,2-7H2,1H3,(H,14,15). The Labute approximate surface area is 94.6 Å². The number of amides is 1. The number of nitrogens with one attached hydrogen (secondary N) is 1. The lowest BCUT2D eigenvalue weighted by Crippen LogP contribution is -2.52. The smallest absolute Gasteiger partial charge is 0.408 e. The number of carbonyl (C=O) groups excluding carboxylic acids is 1. The van der Waals surface area contributed by atoms with Gasteiger partial charge in [-0.05, 0) is 26.2 Å². The molecule has 0 aliphatic carbocycles. The van der Waals surface area contributed by atoms with E-state index in [4.69, 9.17) is 9.84 Å². The van der Waals surface area contributed by atoms with Crippen LogP contribution in [0.4, 0.5) is 4.79 Å². The van der Waals surface area contributed by atoms with Gasteiger partial charge in [-0.15, -0.1) is 0 Å². The van der Waals surface area contributed by atoms with Gasteiger partial charge in [0.2, 0.25) is 0 Å². The highest BCUT2D eigenvalue weighted by atomic mass is 16.5. The van der Waals surface area contributed by atoms with Gasteiger partial charge in [0.1, 0.15) is 0 Å². The summed E-state index contributed by atoms with van der Waals surface area (Å²) in [5.41, 5.74) is 0. The Kier molecular flexibility index (Phi) is 5.04. The molecule has 0 aromatic heterocycles. The van der Waals surface area contributed by atoms with Crippen LogP contribution in [0.3, 0.4) is 0 Å². The van der Waals surface area contributed by atoms with Gasteiger partial charge in [-0.3, -0.25) is 15.0 Å². The molecular formula is C10H18N2O4. The largest absolute Gasteiger partial charge is 0.465 e. The first-order valence-corrected chi connectivity index (χ1v) is 5.53. The molecule has 0 aromatic rings. The van der Waals surface area contributed by atoms with E-state index in [0.717, 1.165) is 19.3 Å². The maximum absolute atomic E-state index is 11.1. The first-order valence-electron chi connectivity index (χ1n) is 5.53. The Hall–Kier alpha value is -1.30. The predicted molar refractivity (Wildman–Crippen MR) is 57.0 cm³/mol. The van der Waals surface area contributed by atoms with Crippen LogP contribution in [0.15, 0.2) is 0 Å². The molecular weight excluding hydrogens is 212 g/mol. The van der Waals surface area contributed by atoms with Crippen molar-refractivity contribution in [3.05, 3.63) is 0 Å². The summed E-state index contributed by atoms with van der Waals surface area (Å²) in [4.78, 5) is 23.4. The van der Waals surface area contributed by atoms with Crippen molar-refractivity contribution in [2.75, 3.05) is 19.7 Å². The Balaban J connectivity index is 2.38. The molecule has 1 aliphatic heterocycles. The lowest BCUT2D eigenvalue weighted by molar-refractivity contribution is -0.142. The summed E-state index contributed by atoms with van der Waals surface area (Å²) in [5, 5.41) is 11.9. The topological polar surface area (TPSA) is 78.9 Å². The van der Waals surface area contributed by atoms with Crippen LogP contribution in [0, 0.1) is 0 Å². The average molecular weight is 230 g/mol. The maximum atomic E-state index is 11.1. The van der Waals surface area contributed by atoms with E-state index < -0.39 is 6.09 Å². The Morgan fingerprint density at radius 1 is 1.50 bits per heavy atom. The number of hydrogen-bond donors (Lipinski definition) is 2. The van der Waals surface area contributed by atoms with Gasteiger partial charge in [-0.1, -0.05) is 0 Å². The van der Waals surface area contributed by atoms with E-state index in [9.17, 15) is 9.59 Å². The lowest BCUT2D eigenvalue weighted by Gasteiger charge is -2.33. The zero-order valence-electron chi connectivity index (χ0n) is 9.44. The SMILES string of the molecule is CCOC(=O)CNC1CCCCN1C(=O)O. The third kappa shape index (κ3) is 3.69. The monoisotopic (exact) mass is 230 g/mol. The molecule has 6 nitrogen and oxygen atoms in total. The van der Waals surface area contributed by atoms with Crippen molar-refractivity contribution in [3.63, 3.8) is 0 Å². The molecule has 1 unspecified atom stereocenters. The normalized spacial score (nSPS) is 20.6. The van der Waals surface area contributed by atoms with Gasteiger partial charge in [0.25, 0.3) is 0 Å². The number of nitrogens with zero attached hydrogens (tertiary/aromatic N) is 1. The first kappa shape index (κ1) is 12.8. The van der Waals surface area contributed by atoms with E-state index in [1.54, 1.807) is 6.92 Å².